The van der Waals surface area contributed by atoms with E-state index in [2.05, 4.69) is 64.6 Å². The zero-order valence-corrected chi connectivity index (χ0v) is 26.8. The SMILES string of the molecule is C=C1CCC(C(=O)Cc2ccc(CCCc3cccc(CCC(C)(F)F)c3)c(CC)c2)CC1CC.C=O.C=O.CCC.[HH].[HH]. The molecule has 2 unspecified atom stereocenters. The molecule has 0 aliphatic heterocycles. The van der Waals surface area contributed by atoms with Gasteiger partial charge in [-0.15, -0.1) is 0 Å². The number of allylic oxidation sites excluding steroid dienone is 1. The third-order valence-electron chi connectivity index (χ3n) is 7.69. The van der Waals surface area contributed by atoms with Crippen LogP contribution >= 0.6 is 0 Å². The van der Waals surface area contributed by atoms with Crippen molar-refractivity contribution in [2.75, 3.05) is 0 Å². The molecular formula is C37H58F2O3. The van der Waals surface area contributed by atoms with Crippen molar-refractivity contribution < 1.29 is 26.0 Å². The van der Waals surface area contributed by atoms with Gasteiger partial charge in [-0.3, -0.25) is 4.79 Å². The third-order valence-corrected chi connectivity index (χ3v) is 7.69. The second-order valence-corrected chi connectivity index (χ2v) is 11.3. The predicted molar refractivity (Wildman–Crippen MR) is 177 cm³/mol. The van der Waals surface area contributed by atoms with E-state index < -0.39 is 5.92 Å². The smallest absolute Gasteiger partial charge is 0.245 e. The predicted octanol–water partition coefficient (Wildman–Crippen LogP) is 10.0. The highest BCUT2D eigenvalue weighted by molar-refractivity contribution is 5.83. The first-order chi connectivity index (χ1) is 20.1. The molecule has 3 rings (SSSR count). The molecule has 5 heteroatoms. The van der Waals surface area contributed by atoms with Crippen molar-refractivity contribution in [2.45, 2.75) is 118 Å². The molecule has 0 spiro atoms. The van der Waals surface area contributed by atoms with Gasteiger partial charge in [0.05, 0.1) is 0 Å². The largest absolute Gasteiger partial charge is 0.307 e. The first-order valence-electron chi connectivity index (χ1n) is 15.4. The number of hydrogen-bond acceptors (Lipinski definition) is 3. The maximum absolute atomic E-state index is 13.2. The lowest BCUT2D eigenvalue weighted by molar-refractivity contribution is -0.123. The quantitative estimate of drug-likeness (QED) is 0.232. The highest BCUT2D eigenvalue weighted by Crippen LogP contribution is 2.35. The molecule has 0 aromatic heterocycles. The Kier molecular flexibility index (Phi) is 20.2. The number of rotatable bonds is 12. The van der Waals surface area contributed by atoms with Crippen molar-refractivity contribution in [1.82, 2.24) is 0 Å². The summed E-state index contributed by atoms with van der Waals surface area (Å²) in [6, 6.07) is 14.7. The van der Waals surface area contributed by atoms with Gasteiger partial charge in [0.1, 0.15) is 19.4 Å². The van der Waals surface area contributed by atoms with Crippen LogP contribution in [0.5, 0.6) is 0 Å². The Bertz CT molecular complexity index is 1070. The third kappa shape index (κ3) is 14.8. The summed E-state index contributed by atoms with van der Waals surface area (Å²) in [5.41, 5.74) is 7.34. The van der Waals surface area contributed by atoms with Gasteiger partial charge >= 0.3 is 0 Å². The van der Waals surface area contributed by atoms with Gasteiger partial charge in [-0.25, -0.2) is 8.78 Å². The van der Waals surface area contributed by atoms with Crippen molar-refractivity contribution in [3.05, 3.63) is 82.4 Å². The number of aryl methyl sites for hydroxylation is 4. The van der Waals surface area contributed by atoms with E-state index >= 15 is 0 Å². The highest BCUT2D eigenvalue weighted by Gasteiger charge is 2.28. The van der Waals surface area contributed by atoms with E-state index in [1.54, 1.807) is 0 Å². The second kappa shape index (κ2) is 21.7. The molecular weight excluding hydrogens is 530 g/mol. The van der Waals surface area contributed by atoms with E-state index in [1.165, 1.54) is 28.7 Å². The average Bonchev–Trinajstić information content (AvgIpc) is 2.99. The molecule has 0 saturated heterocycles. The lowest BCUT2D eigenvalue weighted by atomic mass is 9.75. The molecule has 0 bridgehead atoms. The van der Waals surface area contributed by atoms with Gasteiger partial charge in [-0.05, 0) is 98.4 Å². The maximum atomic E-state index is 13.2. The zero-order chi connectivity index (χ0) is 32.1. The van der Waals surface area contributed by atoms with Crippen LogP contribution in [0.1, 0.15) is 110 Å². The Balaban J connectivity index is -0.00000173. The number of ketones is 1. The van der Waals surface area contributed by atoms with Crippen molar-refractivity contribution in [3.8, 4) is 0 Å². The van der Waals surface area contributed by atoms with Gasteiger partial charge < -0.3 is 9.59 Å². The molecule has 1 aliphatic rings. The van der Waals surface area contributed by atoms with E-state index in [1.807, 2.05) is 25.7 Å². The molecule has 3 nitrogen and oxygen atoms in total. The summed E-state index contributed by atoms with van der Waals surface area (Å²) in [5, 5.41) is 0. The first kappa shape index (κ1) is 39.0. The van der Waals surface area contributed by atoms with Gasteiger partial charge in [-0.2, -0.15) is 0 Å². The molecule has 0 amide bonds. The summed E-state index contributed by atoms with van der Waals surface area (Å²) in [4.78, 5) is 29.0. The average molecular weight is 589 g/mol. The standard InChI is InChI=1S/C32H42F2O.C3H8.2CH2O.2H2/c1-5-27-22-30(15-13-23(27)3)31(35)21-26-14-16-29(28(6-2)20-26)12-8-11-24-9-7-10-25(19-24)17-18-32(4,33)34;1-3-2;2*1-2;;/h7,9-10,14,16,19-20,27,30H,3,5-6,8,11-13,15,17-18,21-22H2,1-2,4H3;3H2,1-2H3;2*1H2;2*1H. The van der Waals surface area contributed by atoms with Crippen molar-refractivity contribution >= 4 is 19.4 Å². The Hall–Kier alpha value is -2.95. The summed E-state index contributed by atoms with van der Waals surface area (Å²) in [6.07, 6.45) is 9.96. The second-order valence-electron chi connectivity index (χ2n) is 11.3. The van der Waals surface area contributed by atoms with Gasteiger partial charge in [0, 0.05) is 21.6 Å². The fourth-order valence-corrected chi connectivity index (χ4v) is 5.43. The van der Waals surface area contributed by atoms with Crippen LogP contribution in [0.25, 0.3) is 0 Å². The molecule has 1 aliphatic carbocycles. The van der Waals surface area contributed by atoms with E-state index in [0.29, 0.717) is 24.5 Å². The minimum absolute atomic E-state index is 0. The van der Waals surface area contributed by atoms with Crippen molar-refractivity contribution in [3.63, 3.8) is 0 Å². The van der Waals surface area contributed by atoms with Crippen LogP contribution in [-0.4, -0.2) is 25.3 Å². The van der Waals surface area contributed by atoms with Crippen molar-refractivity contribution in [2.24, 2.45) is 11.8 Å². The normalized spacial score (nSPS) is 16.1. The van der Waals surface area contributed by atoms with Gasteiger partial charge in [-0.1, -0.05) is 88.7 Å². The number of carbonyl (C=O) groups is 3. The fourth-order valence-electron chi connectivity index (χ4n) is 5.43. The fraction of sp³-hybridized carbons (Fsp3) is 0.541. The molecule has 1 fully saturated rings. The Morgan fingerprint density at radius 2 is 1.52 bits per heavy atom. The lowest BCUT2D eigenvalue weighted by Gasteiger charge is -2.29. The van der Waals surface area contributed by atoms with E-state index in [0.717, 1.165) is 69.4 Å². The highest BCUT2D eigenvalue weighted by atomic mass is 19.3. The van der Waals surface area contributed by atoms with Crippen LogP contribution in [0, 0.1) is 11.8 Å². The summed E-state index contributed by atoms with van der Waals surface area (Å²) >= 11 is 0. The van der Waals surface area contributed by atoms with Crippen LogP contribution in [-0.2, 0) is 46.5 Å². The minimum atomic E-state index is -2.62. The summed E-state index contributed by atoms with van der Waals surface area (Å²) in [7, 11) is 0. The van der Waals surface area contributed by atoms with Gasteiger partial charge in [0.15, 0.2) is 0 Å². The number of benzene rings is 2. The molecule has 1 saturated carbocycles. The van der Waals surface area contributed by atoms with Crippen LogP contribution in [0.2, 0.25) is 0 Å². The minimum Gasteiger partial charge on any atom is -0.307 e. The molecule has 2 aromatic rings. The molecule has 2 atom stereocenters. The van der Waals surface area contributed by atoms with Crippen LogP contribution < -0.4 is 0 Å². The Labute approximate surface area is 257 Å². The molecule has 2 aromatic carbocycles. The van der Waals surface area contributed by atoms with Crippen LogP contribution in [0.3, 0.4) is 0 Å². The van der Waals surface area contributed by atoms with E-state index in [9.17, 15) is 13.6 Å². The van der Waals surface area contributed by atoms with Crippen LogP contribution in [0.15, 0.2) is 54.6 Å². The first-order valence-corrected chi connectivity index (χ1v) is 15.4. The van der Waals surface area contributed by atoms with Gasteiger partial charge in [0.2, 0.25) is 5.92 Å². The molecule has 0 heterocycles. The lowest BCUT2D eigenvalue weighted by Crippen LogP contribution is -2.25. The van der Waals surface area contributed by atoms with Gasteiger partial charge in [0.25, 0.3) is 0 Å². The topological polar surface area (TPSA) is 51.2 Å². The Morgan fingerprint density at radius 3 is 2.10 bits per heavy atom. The van der Waals surface area contributed by atoms with Crippen LogP contribution in [0.4, 0.5) is 8.78 Å². The van der Waals surface area contributed by atoms with E-state index in [4.69, 9.17) is 9.59 Å². The zero-order valence-electron chi connectivity index (χ0n) is 26.8. The number of Topliss-reactive ketones (excluding diaryl/α,β-unsaturated/α-hetero) is 1. The number of hydrogen-bond donors (Lipinski definition) is 0. The van der Waals surface area contributed by atoms with E-state index in [-0.39, 0.29) is 15.2 Å². The summed E-state index contributed by atoms with van der Waals surface area (Å²) < 4.78 is 26.4. The number of carbonyl (C=O) groups excluding carboxylic acids is 3. The molecule has 0 N–H and O–H groups in total. The molecule has 42 heavy (non-hydrogen) atoms. The monoisotopic (exact) mass is 588 g/mol. The maximum Gasteiger partial charge on any atom is 0.245 e. The van der Waals surface area contributed by atoms with Crippen molar-refractivity contribution in [1.29, 1.82) is 0 Å². The number of alkyl halides is 2. The summed E-state index contributed by atoms with van der Waals surface area (Å²) in [6.45, 7) is 17.8. The Morgan fingerprint density at radius 1 is 0.905 bits per heavy atom. The summed E-state index contributed by atoms with van der Waals surface area (Å²) in [5.74, 6) is -1.56. The molecule has 0 radical (unpaired) electrons. The number of halogens is 2. The molecule has 238 valence electrons.